The molecule has 1 atom stereocenters. The minimum atomic E-state index is -0.0997. The van der Waals surface area contributed by atoms with E-state index in [4.69, 9.17) is 4.74 Å². The van der Waals surface area contributed by atoms with Gasteiger partial charge in [-0.1, -0.05) is 52.0 Å². The number of rotatable bonds is 6. The summed E-state index contributed by atoms with van der Waals surface area (Å²) in [5, 5.41) is 3.59. The number of benzene rings is 1. The molecule has 2 nitrogen and oxygen atoms in total. The largest absolute Gasteiger partial charge is 0.374 e. The molecule has 0 fully saturated rings. The van der Waals surface area contributed by atoms with Crippen LogP contribution >= 0.6 is 0 Å². The van der Waals surface area contributed by atoms with Crippen LogP contribution in [0, 0.1) is 0 Å². The van der Waals surface area contributed by atoms with E-state index in [1.54, 1.807) is 0 Å². The predicted molar refractivity (Wildman–Crippen MR) is 91.9 cm³/mol. The zero-order valence-corrected chi connectivity index (χ0v) is 14.9. The Morgan fingerprint density at radius 1 is 1.00 bits per heavy atom. The van der Waals surface area contributed by atoms with Crippen molar-refractivity contribution < 1.29 is 4.74 Å². The Morgan fingerprint density at radius 2 is 1.57 bits per heavy atom. The molecule has 2 heteroatoms. The van der Waals surface area contributed by atoms with Crippen LogP contribution in [-0.4, -0.2) is 18.8 Å². The van der Waals surface area contributed by atoms with Crippen molar-refractivity contribution in [3.8, 4) is 0 Å². The lowest BCUT2D eigenvalue weighted by molar-refractivity contribution is -0.0147. The number of ether oxygens (including phenoxy) is 1. The van der Waals surface area contributed by atoms with Crippen LogP contribution in [0.2, 0.25) is 0 Å². The summed E-state index contributed by atoms with van der Waals surface area (Å²) in [6.07, 6.45) is 1.13. The SMILES string of the molecule is CCCNC(COC(C)(C)C)c1ccc(C(C)(C)C)cc1. The molecular formula is C19H33NO. The fraction of sp³-hybridized carbons (Fsp3) is 0.684. The highest BCUT2D eigenvalue weighted by molar-refractivity contribution is 5.29. The van der Waals surface area contributed by atoms with Crippen LogP contribution in [0.5, 0.6) is 0 Å². The summed E-state index contributed by atoms with van der Waals surface area (Å²) in [6.45, 7) is 17.0. The maximum atomic E-state index is 5.98. The Bertz CT molecular complexity index is 409. The van der Waals surface area contributed by atoms with Gasteiger partial charge in [0, 0.05) is 0 Å². The third kappa shape index (κ3) is 6.62. The highest BCUT2D eigenvalue weighted by Gasteiger charge is 2.18. The fourth-order valence-electron chi connectivity index (χ4n) is 2.14. The zero-order valence-electron chi connectivity index (χ0n) is 14.9. The van der Waals surface area contributed by atoms with Gasteiger partial charge < -0.3 is 10.1 Å². The van der Waals surface area contributed by atoms with Gasteiger partial charge in [-0.3, -0.25) is 0 Å². The van der Waals surface area contributed by atoms with Crippen LogP contribution in [0.1, 0.15) is 72.1 Å². The van der Waals surface area contributed by atoms with Gasteiger partial charge in [-0.2, -0.15) is 0 Å². The van der Waals surface area contributed by atoms with Crippen molar-refractivity contribution >= 4 is 0 Å². The van der Waals surface area contributed by atoms with Crippen LogP contribution in [0.4, 0.5) is 0 Å². The molecule has 0 aliphatic carbocycles. The van der Waals surface area contributed by atoms with E-state index in [2.05, 4.69) is 78.0 Å². The number of nitrogens with one attached hydrogen (secondary N) is 1. The lowest BCUT2D eigenvalue weighted by atomic mass is 9.86. The van der Waals surface area contributed by atoms with E-state index in [0.29, 0.717) is 6.61 Å². The Morgan fingerprint density at radius 3 is 2.00 bits per heavy atom. The maximum Gasteiger partial charge on any atom is 0.0668 e. The Hall–Kier alpha value is -0.860. The smallest absolute Gasteiger partial charge is 0.0668 e. The van der Waals surface area contributed by atoms with Gasteiger partial charge in [-0.05, 0) is 50.3 Å². The van der Waals surface area contributed by atoms with Crippen molar-refractivity contribution in [2.24, 2.45) is 0 Å². The molecule has 0 heterocycles. The molecule has 0 saturated carbocycles. The average molecular weight is 291 g/mol. The molecule has 120 valence electrons. The van der Waals surface area contributed by atoms with Gasteiger partial charge >= 0.3 is 0 Å². The van der Waals surface area contributed by atoms with Gasteiger partial charge in [-0.25, -0.2) is 0 Å². The van der Waals surface area contributed by atoms with Gasteiger partial charge in [-0.15, -0.1) is 0 Å². The summed E-state index contributed by atoms with van der Waals surface area (Å²) < 4.78 is 5.98. The van der Waals surface area contributed by atoms with Crippen molar-refractivity contribution in [1.82, 2.24) is 5.32 Å². The van der Waals surface area contributed by atoms with Crippen molar-refractivity contribution in [1.29, 1.82) is 0 Å². The summed E-state index contributed by atoms with van der Waals surface area (Å²) in [5.41, 5.74) is 2.78. The number of hydrogen-bond acceptors (Lipinski definition) is 2. The van der Waals surface area contributed by atoms with Gasteiger partial charge in [0.1, 0.15) is 0 Å². The Labute approximate surface area is 131 Å². The van der Waals surface area contributed by atoms with Crippen LogP contribution < -0.4 is 5.32 Å². The van der Waals surface area contributed by atoms with Crippen LogP contribution in [-0.2, 0) is 10.2 Å². The van der Waals surface area contributed by atoms with Crippen LogP contribution in [0.15, 0.2) is 24.3 Å². The second kappa shape index (κ2) is 7.42. The summed E-state index contributed by atoms with van der Waals surface area (Å²) >= 11 is 0. The molecule has 1 rings (SSSR count). The first-order valence-corrected chi connectivity index (χ1v) is 8.11. The molecule has 1 N–H and O–H groups in total. The van der Waals surface area contributed by atoms with Crippen molar-refractivity contribution in [3.05, 3.63) is 35.4 Å². The highest BCUT2D eigenvalue weighted by atomic mass is 16.5. The fourth-order valence-corrected chi connectivity index (χ4v) is 2.14. The first-order chi connectivity index (χ1) is 9.63. The highest BCUT2D eigenvalue weighted by Crippen LogP contribution is 2.24. The molecule has 0 aliphatic heterocycles. The molecule has 1 aromatic rings. The van der Waals surface area contributed by atoms with E-state index >= 15 is 0 Å². The summed E-state index contributed by atoms with van der Waals surface area (Å²) in [5.74, 6) is 0. The molecule has 0 amide bonds. The first-order valence-electron chi connectivity index (χ1n) is 8.11. The molecule has 1 aromatic carbocycles. The van der Waals surface area contributed by atoms with Gasteiger partial charge in [0.2, 0.25) is 0 Å². The summed E-state index contributed by atoms with van der Waals surface area (Å²) in [6, 6.07) is 9.22. The molecule has 0 radical (unpaired) electrons. The average Bonchev–Trinajstić information content (AvgIpc) is 2.37. The topological polar surface area (TPSA) is 21.3 Å². The summed E-state index contributed by atoms with van der Waals surface area (Å²) in [7, 11) is 0. The molecule has 0 aromatic heterocycles. The van der Waals surface area contributed by atoms with Gasteiger partial charge in [0.15, 0.2) is 0 Å². The standard InChI is InChI=1S/C19H33NO/c1-8-13-20-17(14-21-19(5,6)7)15-9-11-16(12-10-15)18(2,3)4/h9-12,17,20H,8,13-14H2,1-7H3. The normalized spacial score (nSPS) is 14.2. The Kier molecular flexibility index (Phi) is 6.42. The van der Waals surface area contributed by atoms with Crippen molar-refractivity contribution in [2.75, 3.05) is 13.2 Å². The predicted octanol–water partition coefficient (Wildman–Crippen LogP) is 4.84. The molecule has 1 unspecified atom stereocenters. The van der Waals surface area contributed by atoms with Gasteiger partial charge in [0.25, 0.3) is 0 Å². The van der Waals surface area contributed by atoms with E-state index in [1.807, 2.05) is 0 Å². The third-order valence-electron chi connectivity index (χ3n) is 3.50. The minimum absolute atomic E-state index is 0.0997. The molecule has 0 spiro atoms. The lowest BCUT2D eigenvalue weighted by Gasteiger charge is -2.26. The molecule has 0 aliphatic rings. The first kappa shape index (κ1) is 18.2. The summed E-state index contributed by atoms with van der Waals surface area (Å²) in [4.78, 5) is 0. The molecule has 21 heavy (non-hydrogen) atoms. The van der Waals surface area contributed by atoms with E-state index < -0.39 is 0 Å². The molecular weight excluding hydrogens is 258 g/mol. The zero-order chi connectivity index (χ0) is 16.1. The third-order valence-corrected chi connectivity index (χ3v) is 3.50. The second-order valence-corrected chi connectivity index (χ2v) is 7.80. The Balaban J connectivity index is 2.82. The maximum absolute atomic E-state index is 5.98. The van der Waals surface area contributed by atoms with Crippen LogP contribution in [0.3, 0.4) is 0 Å². The van der Waals surface area contributed by atoms with E-state index in [1.165, 1.54) is 11.1 Å². The minimum Gasteiger partial charge on any atom is -0.374 e. The lowest BCUT2D eigenvalue weighted by Crippen LogP contribution is -2.30. The van der Waals surface area contributed by atoms with Crippen molar-refractivity contribution in [3.63, 3.8) is 0 Å². The quantitative estimate of drug-likeness (QED) is 0.809. The van der Waals surface area contributed by atoms with E-state index in [-0.39, 0.29) is 17.1 Å². The monoisotopic (exact) mass is 291 g/mol. The molecule has 0 saturated heterocycles. The van der Waals surface area contributed by atoms with Crippen molar-refractivity contribution in [2.45, 2.75) is 71.9 Å². The second-order valence-electron chi connectivity index (χ2n) is 7.80. The molecule has 0 bridgehead atoms. The van der Waals surface area contributed by atoms with E-state index in [0.717, 1.165) is 13.0 Å². The van der Waals surface area contributed by atoms with E-state index in [9.17, 15) is 0 Å². The van der Waals surface area contributed by atoms with Crippen LogP contribution in [0.25, 0.3) is 0 Å². The van der Waals surface area contributed by atoms with Gasteiger partial charge in [0.05, 0.1) is 18.2 Å². The number of hydrogen-bond donors (Lipinski definition) is 1.